The Balaban J connectivity index is 1.85. The van der Waals surface area contributed by atoms with Gasteiger partial charge in [0.05, 0.1) is 10.4 Å². The van der Waals surface area contributed by atoms with Gasteiger partial charge in [-0.3, -0.25) is 0 Å². The van der Waals surface area contributed by atoms with Gasteiger partial charge in [-0.2, -0.15) is 0 Å². The molecule has 0 bridgehead atoms. The van der Waals surface area contributed by atoms with Crippen LogP contribution in [0.15, 0.2) is 14.7 Å². The summed E-state index contributed by atoms with van der Waals surface area (Å²) in [6.45, 7) is 0.343. The van der Waals surface area contributed by atoms with E-state index in [4.69, 9.17) is 5.11 Å². The van der Waals surface area contributed by atoms with Gasteiger partial charge in [-0.05, 0) is 40.8 Å². The molecule has 0 saturated heterocycles. The van der Waals surface area contributed by atoms with Gasteiger partial charge in [-0.25, -0.2) is 13.1 Å². The van der Waals surface area contributed by atoms with E-state index in [2.05, 4.69) is 20.7 Å². The lowest BCUT2D eigenvalue weighted by atomic mass is 10.0. The fraction of sp³-hybridized carbons (Fsp3) is 0.692. The second kappa shape index (κ2) is 7.35. The molecule has 0 spiro atoms. The van der Waals surface area contributed by atoms with Gasteiger partial charge in [-0.15, -0.1) is 11.3 Å². The summed E-state index contributed by atoms with van der Waals surface area (Å²) in [4.78, 5) is 0.871. The van der Waals surface area contributed by atoms with E-state index in [0.717, 1.165) is 18.8 Å². The lowest BCUT2D eigenvalue weighted by molar-refractivity contribution is 0.285. The number of hydrogen-bond acceptors (Lipinski definition) is 4. The topological polar surface area (TPSA) is 66.4 Å². The average Bonchev–Trinajstić information content (AvgIpc) is 3.04. The van der Waals surface area contributed by atoms with E-state index < -0.39 is 10.0 Å². The molecule has 2 N–H and O–H groups in total. The molecule has 1 aliphatic rings. The number of rotatable bonds is 7. The van der Waals surface area contributed by atoms with Crippen LogP contribution in [-0.4, -0.2) is 20.1 Å². The summed E-state index contributed by atoms with van der Waals surface area (Å²) in [6, 6.07) is 1.52. The second-order valence-electron chi connectivity index (χ2n) is 5.20. The van der Waals surface area contributed by atoms with E-state index in [1.54, 1.807) is 0 Å². The summed E-state index contributed by atoms with van der Waals surface area (Å²) in [5, 5.41) is 9.05. The van der Waals surface area contributed by atoms with Crippen LogP contribution in [0.1, 0.15) is 43.4 Å². The second-order valence-corrected chi connectivity index (χ2v) is 9.39. The number of thiophene rings is 1. The first-order chi connectivity index (χ1) is 9.53. The number of sulfonamides is 1. The predicted octanol–water partition coefficient (Wildman–Crippen LogP) is 3.25. The van der Waals surface area contributed by atoms with Crippen LogP contribution in [0, 0.1) is 5.92 Å². The predicted molar refractivity (Wildman–Crippen MR) is 84.3 cm³/mol. The minimum atomic E-state index is -3.47. The molecule has 1 saturated carbocycles. The Morgan fingerprint density at radius 2 is 2.10 bits per heavy atom. The molecule has 0 amide bonds. The maximum Gasteiger partial charge on any atom is 0.242 e. The monoisotopic (exact) mass is 381 g/mol. The standard InChI is InChI=1S/C13H20BrNO3S2/c14-13-12(8-11(9-16)19-13)20(17,18)15-7-3-6-10-4-1-2-5-10/h8,10,15-16H,1-7,9H2. The van der Waals surface area contributed by atoms with Crippen molar-refractivity contribution >= 4 is 37.3 Å². The van der Waals surface area contributed by atoms with Gasteiger partial charge in [0.1, 0.15) is 4.90 Å². The molecule has 1 heterocycles. The molecule has 4 nitrogen and oxygen atoms in total. The Morgan fingerprint density at radius 3 is 2.70 bits per heavy atom. The number of aliphatic hydroxyl groups excluding tert-OH is 1. The zero-order chi connectivity index (χ0) is 14.6. The Kier molecular flexibility index (Phi) is 6.04. The lowest BCUT2D eigenvalue weighted by Gasteiger charge is -2.09. The van der Waals surface area contributed by atoms with E-state index in [1.165, 1.54) is 43.1 Å². The zero-order valence-corrected chi connectivity index (χ0v) is 14.5. The minimum absolute atomic E-state index is 0.138. The largest absolute Gasteiger partial charge is 0.391 e. The van der Waals surface area contributed by atoms with Crippen molar-refractivity contribution in [3.63, 3.8) is 0 Å². The van der Waals surface area contributed by atoms with Crippen LogP contribution in [-0.2, 0) is 16.6 Å². The molecule has 2 rings (SSSR count). The molecule has 0 aliphatic heterocycles. The van der Waals surface area contributed by atoms with Gasteiger partial charge in [-0.1, -0.05) is 25.7 Å². The van der Waals surface area contributed by atoms with E-state index in [1.807, 2.05) is 0 Å². The highest BCUT2D eigenvalue weighted by Crippen LogP contribution is 2.32. The van der Waals surface area contributed by atoms with E-state index >= 15 is 0 Å². The highest BCUT2D eigenvalue weighted by atomic mass is 79.9. The van der Waals surface area contributed by atoms with Crippen molar-refractivity contribution in [3.8, 4) is 0 Å². The van der Waals surface area contributed by atoms with Crippen LogP contribution >= 0.6 is 27.3 Å². The molecule has 114 valence electrons. The number of hydrogen-bond donors (Lipinski definition) is 2. The van der Waals surface area contributed by atoms with Gasteiger partial charge in [0.2, 0.25) is 10.0 Å². The highest BCUT2D eigenvalue weighted by Gasteiger charge is 2.21. The van der Waals surface area contributed by atoms with Crippen molar-refractivity contribution < 1.29 is 13.5 Å². The first-order valence-electron chi connectivity index (χ1n) is 6.91. The van der Waals surface area contributed by atoms with Crippen molar-refractivity contribution in [2.24, 2.45) is 5.92 Å². The van der Waals surface area contributed by atoms with Crippen molar-refractivity contribution in [3.05, 3.63) is 14.7 Å². The maximum absolute atomic E-state index is 12.2. The third-order valence-corrected chi connectivity index (χ3v) is 7.41. The summed E-state index contributed by atoms with van der Waals surface area (Å²) in [7, 11) is -3.47. The van der Waals surface area contributed by atoms with Crippen molar-refractivity contribution in [1.82, 2.24) is 4.72 Å². The molecule has 1 aromatic rings. The van der Waals surface area contributed by atoms with Gasteiger partial charge >= 0.3 is 0 Å². The van der Waals surface area contributed by atoms with Crippen LogP contribution < -0.4 is 4.72 Å². The van der Waals surface area contributed by atoms with Crippen LogP contribution in [0.25, 0.3) is 0 Å². The van der Waals surface area contributed by atoms with Crippen LogP contribution in [0.4, 0.5) is 0 Å². The fourth-order valence-corrected chi connectivity index (χ4v) is 6.25. The zero-order valence-electron chi connectivity index (χ0n) is 11.3. The van der Waals surface area contributed by atoms with E-state index in [-0.39, 0.29) is 11.5 Å². The summed E-state index contributed by atoms with van der Waals surface area (Å²) >= 11 is 4.49. The SMILES string of the molecule is O=S(=O)(NCCCC1CCCC1)c1cc(CO)sc1Br. The lowest BCUT2D eigenvalue weighted by Crippen LogP contribution is -2.25. The molecular weight excluding hydrogens is 362 g/mol. The maximum atomic E-state index is 12.2. The summed E-state index contributed by atoms with van der Waals surface area (Å²) in [6.07, 6.45) is 7.23. The fourth-order valence-electron chi connectivity index (χ4n) is 2.63. The third kappa shape index (κ3) is 4.27. The van der Waals surface area contributed by atoms with Crippen molar-refractivity contribution in [2.75, 3.05) is 6.54 Å². The Bertz CT molecular complexity index is 536. The summed E-state index contributed by atoms with van der Waals surface area (Å²) < 4.78 is 27.5. The van der Waals surface area contributed by atoms with Gasteiger partial charge in [0, 0.05) is 11.4 Å². The number of nitrogens with one attached hydrogen (secondary N) is 1. The van der Waals surface area contributed by atoms with Crippen LogP contribution in [0.2, 0.25) is 0 Å². The minimum Gasteiger partial charge on any atom is -0.391 e. The van der Waals surface area contributed by atoms with Crippen LogP contribution in [0.3, 0.4) is 0 Å². The molecule has 20 heavy (non-hydrogen) atoms. The molecule has 1 fully saturated rings. The Hall–Kier alpha value is 0.0500. The molecule has 0 radical (unpaired) electrons. The van der Waals surface area contributed by atoms with Crippen LogP contribution in [0.5, 0.6) is 0 Å². The number of halogens is 1. The average molecular weight is 382 g/mol. The Morgan fingerprint density at radius 1 is 1.40 bits per heavy atom. The normalized spacial score (nSPS) is 16.9. The third-order valence-electron chi connectivity index (χ3n) is 3.71. The van der Waals surface area contributed by atoms with E-state index in [0.29, 0.717) is 15.2 Å². The number of aliphatic hydroxyl groups is 1. The van der Waals surface area contributed by atoms with Gasteiger partial charge in [0.15, 0.2) is 0 Å². The smallest absolute Gasteiger partial charge is 0.242 e. The van der Waals surface area contributed by atoms with Gasteiger partial charge in [0.25, 0.3) is 0 Å². The van der Waals surface area contributed by atoms with E-state index in [9.17, 15) is 8.42 Å². The molecule has 7 heteroatoms. The first-order valence-corrected chi connectivity index (χ1v) is 10.0. The first kappa shape index (κ1) is 16.4. The molecule has 0 aromatic carbocycles. The molecule has 0 atom stereocenters. The molecule has 0 unspecified atom stereocenters. The summed E-state index contributed by atoms with van der Waals surface area (Å²) in [5.74, 6) is 0.786. The summed E-state index contributed by atoms with van der Waals surface area (Å²) in [5.41, 5.74) is 0. The van der Waals surface area contributed by atoms with Gasteiger partial charge < -0.3 is 5.11 Å². The highest BCUT2D eigenvalue weighted by molar-refractivity contribution is 9.11. The van der Waals surface area contributed by atoms with Crippen molar-refractivity contribution in [1.29, 1.82) is 0 Å². The van der Waals surface area contributed by atoms with Crippen molar-refractivity contribution in [2.45, 2.75) is 50.0 Å². The molecule has 1 aromatic heterocycles. The molecular formula is C13H20BrNO3S2. The quantitative estimate of drug-likeness (QED) is 0.712. The Labute approximate surface area is 132 Å². The molecule has 1 aliphatic carbocycles.